The number of hydrogen-bond donors (Lipinski definition) is 1. The Balaban J connectivity index is 1.94. The average Bonchev–Trinajstić information content (AvgIpc) is 2.89. The molecule has 0 amide bonds. The average molecular weight is 259 g/mol. The molecule has 1 saturated heterocycles. The molecule has 3 heterocycles. The molecule has 2 unspecified atom stereocenters. The second-order valence-corrected chi connectivity index (χ2v) is 5.64. The van der Waals surface area contributed by atoms with E-state index in [2.05, 4.69) is 51.8 Å². The van der Waals surface area contributed by atoms with Crippen LogP contribution in [-0.4, -0.2) is 53.1 Å². The summed E-state index contributed by atoms with van der Waals surface area (Å²) in [5.74, 6) is 1.71. The zero-order valence-corrected chi connectivity index (χ0v) is 11.8. The number of piperidine rings is 1. The van der Waals surface area contributed by atoms with E-state index in [0.29, 0.717) is 12.0 Å². The van der Waals surface area contributed by atoms with E-state index in [0.717, 1.165) is 23.4 Å². The van der Waals surface area contributed by atoms with Crippen LogP contribution in [0.2, 0.25) is 0 Å². The Morgan fingerprint density at radius 3 is 3.11 bits per heavy atom. The Morgan fingerprint density at radius 1 is 1.42 bits per heavy atom. The van der Waals surface area contributed by atoms with Crippen LogP contribution in [0.25, 0.3) is 11.0 Å². The van der Waals surface area contributed by atoms with Gasteiger partial charge in [0.1, 0.15) is 17.8 Å². The van der Waals surface area contributed by atoms with Crippen molar-refractivity contribution in [3.05, 3.63) is 18.6 Å². The number of aromatic nitrogens is 3. The first kappa shape index (κ1) is 12.4. The number of nitrogens with zero attached hydrogens (tertiary/aromatic N) is 4. The summed E-state index contributed by atoms with van der Waals surface area (Å²) in [7, 11) is 4.34. The summed E-state index contributed by atoms with van der Waals surface area (Å²) in [4.78, 5) is 16.6. The van der Waals surface area contributed by atoms with Gasteiger partial charge in [0.2, 0.25) is 0 Å². The summed E-state index contributed by atoms with van der Waals surface area (Å²) >= 11 is 0. The number of fused-ring (bicyclic) bond motifs is 1. The van der Waals surface area contributed by atoms with Crippen LogP contribution in [0, 0.1) is 5.92 Å². The highest BCUT2D eigenvalue weighted by atomic mass is 15.3. The third-order valence-corrected chi connectivity index (χ3v) is 4.29. The van der Waals surface area contributed by atoms with Gasteiger partial charge in [-0.2, -0.15) is 0 Å². The lowest BCUT2D eigenvalue weighted by Gasteiger charge is -2.40. The third-order valence-electron chi connectivity index (χ3n) is 4.29. The van der Waals surface area contributed by atoms with Gasteiger partial charge in [0, 0.05) is 25.8 Å². The minimum atomic E-state index is 0.506. The maximum atomic E-state index is 4.49. The van der Waals surface area contributed by atoms with Crippen molar-refractivity contribution in [3.8, 4) is 0 Å². The molecule has 2 atom stereocenters. The molecule has 0 saturated carbocycles. The predicted molar refractivity (Wildman–Crippen MR) is 77.4 cm³/mol. The maximum absolute atomic E-state index is 4.49. The molecule has 102 valence electrons. The Hall–Kier alpha value is -1.62. The number of H-pyrrole nitrogens is 1. The van der Waals surface area contributed by atoms with E-state index in [4.69, 9.17) is 0 Å². The van der Waals surface area contributed by atoms with Gasteiger partial charge < -0.3 is 14.8 Å². The minimum Gasteiger partial charge on any atom is -0.354 e. The zero-order chi connectivity index (χ0) is 13.4. The molecule has 19 heavy (non-hydrogen) atoms. The SMILES string of the molecule is CC1CCN(C)CC1N(C)c1ncnc2[nH]ccc12. The molecule has 1 N–H and O–H groups in total. The van der Waals surface area contributed by atoms with Crippen LogP contribution >= 0.6 is 0 Å². The van der Waals surface area contributed by atoms with Crippen LogP contribution < -0.4 is 4.90 Å². The second kappa shape index (κ2) is 4.81. The van der Waals surface area contributed by atoms with Gasteiger partial charge in [-0.3, -0.25) is 0 Å². The van der Waals surface area contributed by atoms with E-state index in [1.807, 2.05) is 6.20 Å². The highest BCUT2D eigenvalue weighted by molar-refractivity contribution is 5.87. The van der Waals surface area contributed by atoms with E-state index >= 15 is 0 Å². The second-order valence-electron chi connectivity index (χ2n) is 5.64. The molecule has 1 fully saturated rings. The number of anilines is 1. The molecular formula is C14H21N5. The topological polar surface area (TPSA) is 48.1 Å². The van der Waals surface area contributed by atoms with Gasteiger partial charge in [-0.05, 0) is 32.0 Å². The highest BCUT2D eigenvalue weighted by Gasteiger charge is 2.29. The van der Waals surface area contributed by atoms with Crippen LogP contribution in [0.1, 0.15) is 13.3 Å². The Morgan fingerprint density at radius 2 is 2.26 bits per heavy atom. The molecule has 2 aromatic rings. The normalized spacial score (nSPS) is 24.8. The van der Waals surface area contributed by atoms with Gasteiger partial charge >= 0.3 is 0 Å². The Bertz CT molecular complexity index is 564. The number of hydrogen-bond acceptors (Lipinski definition) is 4. The molecule has 0 aromatic carbocycles. The molecule has 0 aliphatic carbocycles. The van der Waals surface area contributed by atoms with Crippen molar-refractivity contribution in [1.82, 2.24) is 19.9 Å². The number of likely N-dealkylation sites (tertiary alicyclic amines) is 1. The van der Waals surface area contributed by atoms with Crippen molar-refractivity contribution in [2.24, 2.45) is 5.92 Å². The lowest BCUT2D eigenvalue weighted by molar-refractivity contribution is 0.197. The number of nitrogens with one attached hydrogen (secondary N) is 1. The number of aromatic amines is 1. The van der Waals surface area contributed by atoms with Crippen molar-refractivity contribution >= 4 is 16.9 Å². The quantitative estimate of drug-likeness (QED) is 0.892. The Kier molecular flexibility index (Phi) is 3.14. The first-order valence-corrected chi connectivity index (χ1v) is 6.86. The van der Waals surface area contributed by atoms with E-state index < -0.39 is 0 Å². The molecule has 5 nitrogen and oxygen atoms in total. The molecule has 1 aliphatic heterocycles. The van der Waals surface area contributed by atoms with Crippen molar-refractivity contribution in [3.63, 3.8) is 0 Å². The van der Waals surface area contributed by atoms with Crippen LogP contribution in [0.4, 0.5) is 5.82 Å². The molecule has 0 spiro atoms. The van der Waals surface area contributed by atoms with Crippen LogP contribution in [0.5, 0.6) is 0 Å². The zero-order valence-electron chi connectivity index (χ0n) is 11.8. The van der Waals surface area contributed by atoms with Crippen molar-refractivity contribution in [2.45, 2.75) is 19.4 Å². The molecule has 3 rings (SSSR count). The van der Waals surface area contributed by atoms with Gasteiger partial charge in [-0.25, -0.2) is 9.97 Å². The predicted octanol–water partition coefficient (Wildman–Crippen LogP) is 1.73. The largest absolute Gasteiger partial charge is 0.354 e. The summed E-state index contributed by atoms with van der Waals surface area (Å²) in [6.45, 7) is 4.62. The summed E-state index contributed by atoms with van der Waals surface area (Å²) in [6.07, 6.45) is 4.81. The van der Waals surface area contributed by atoms with Gasteiger partial charge in [-0.15, -0.1) is 0 Å². The monoisotopic (exact) mass is 259 g/mol. The fourth-order valence-corrected chi connectivity index (χ4v) is 3.01. The van der Waals surface area contributed by atoms with Gasteiger partial charge in [0.05, 0.1) is 5.39 Å². The van der Waals surface area contributed by atoms with E-state index in [-0.39, 0.29) is 0 Å². The van der Waals surface area contributed by atoms with E-state index in [1.54, 1.807) is 6.33 Å². The molecule has 5 heteroatoms. The summed E-state index contributed by atoms with van der Waals surface area (Å²) < 4.78 is 0. The van der Waals surface area contributed by atoms with Gasteiger partial charge in [0.15, 0.2) is 0 Å². The standard InChI is InChI=1S/C14H21N5/c1-10-5-7-18(2)8-12(10)19(3)14-11-4-6-15-13(11)16-9-17-14/h4,6,9-10,12H,5,7-8H2,1-3H3,(H,15,16,17). The molecule has 0 bridgehead atoms. The lowest BCUT2D eigenvalue weighted by atomic mass is 9.92. The van der Waals surface area contributed by atoms with Crippen molar-refractivity contribution in [1.29, 1.82) is 0 Å². The smallest absolute Gasteiger partial charge is 0.142 e. The molecule has 2 aromatic heterocycles. The number of likely N-dealkylation sites (N-methyl/N-ethyl adjacent to an activating group) is 2. The summed E-state index contributed by atoms with van der Waals surface area (Å²) in [6, 6.07) is 2.56. The highest BCUT2D eigenvalue weighted by Crippen LogP contribution is 2.27. The third kappa shape index (κ3) is 2.18. The maximum Gasteiger partial charge on any atom is 0.142 e. The van der Waals surface area contributed by atoms with Crippen molar-refractivity contribution in [2.75, 3.05) is 32.1 Å². The molecule has 1 aliphatic rings. The first-order chi connectivity index (χ1) is 9.16. The lowest BCUT2D eigenvalue weighted by Crippen LogP contribution is -2.50. The van der Waals surface area contributed by atoms with E-state index in [9.17, 15) is 0 Å². The minimum absolute atomic E-state index is 0.506. The van der Waals surface area contributed by atoms with E-state index in [1.165, 1.54) is 13.0 Å². The Labute approximate surface area is 113 Å². The molecular weight excluding hydrogens is 238 g/mol. The fraction of sp³-hybridized carbons (Fsp3) is 0.571. The summed E-state index contributed by atoms with van der Waals surface area (Å²) in [5.41, 5.74) is 0.911. The van der Waals surface area contributed by atoms with Crippen LogP contribution in [0.15, 0.2) is 18.6 Å². The van der Waals surface area contributed by atoms with Gasteiger partial charge in [0.25, 0.3) is 0 Å². The van der Waals surface area contributed by atoms with Crippen LogP contribution in [0.3, 0.4) is 0 Å². The molecule has 0 radical (unpaired) electrons. The first-order valence-electron chi connectivity index (χ1n) is 6.86. The fourth-order valence-electron chi connectivity index (χ4n) is 3.01. The summed E-state index contributed by atoms with van der Waals surface area (Å²) in [5, 5.41) is 1.10. The van der Waals surface area contributed by atoms with Crippen LogP contribution in [-0.2, 0) is 0 Å². The van der Waals surface area contributed by atoms with Crippen molar-refractivity contribution < 1.29 is 0 Å². The van der Waals surface area contributed by atoms with Gasteiger partial charge in [-0.1, -0.05) is 6.92 Å². The number of rotatable bonds is 2.